The van der Waals surface area contributed by atoms with Crippen molar-refractivity contribution >= 4 is 10.1 Å². The molecule has 0 bridgehead atoms. The number of fused-ring (bicyclic) bond motifs is 9. The molecule has 9 rings (SSSR count). The van der Waals surface area contributed by atoms with Crippen LogP contribution in [0.3, 0.4) is 0 Å². The zero-order chi connectivity index (χ0) is 31.5. The van der Waals surface area contributed by atoms with E-state index in [0.29, 0.717) is 5.56 Å². The summed E-state index contributed by atoms with van der Waals surface area (Å²) in [7, 11) is -5.88. The van der Waals surface area contributed by atoms with Gasteiger partial charge < -0.3 is 4.18 Å². The van der Waals surface area contributed by atoms with Crippen LogP contribution in [0.1, 0.15) is 33.4 Å². The Morgan fingerprint density at radius 3 is 1.09 bits per heavy atom. The lowest BCUT2D eigenvalue weighted by Crippen LogP contribution is -2.58. The van der Waals surface area contributed by atoms with E-state index in [2.05, 4.69) is 78.9 Å². The summed E-state index contributed by atoms with van der Waals surface area (Å²) in [6.07, 6.45) is 0. The maximum atomic E-state index is 13.4. The molecular weight excluding hydrogens is 605 g/mol. The average molecular weight is 629 g/mol. The average Bonchev–Trinajstić information content (AvgIpc) is 3.07. The highest BCUT2D eigenvalue weighted by atomic mass is 32.2. The molecule has 3 nitrogen and oxygen atoms in total. The Hall–Kier alpha value is -5.14. The molecule has 7 heteroatoms. The van der Waals surface area contributed by atoms with Crippen LogP contribution in [-0.2, 0) is 20.9 Å². The molecule has 0 saturated carbocycles. The first-order valence-corrected chi connectivity index (χ1v) is 16.3. The third-order valence-electron chi connectivity index (χ3n) is 9.97. The summed E-state index contributed by atoms with van der Waals surface area (Å²) in [5.74, 6) is -0.399. The molecule has 0 radical (unpaired) electrons. The van der Waals surface area contributed by atoms with Crippen LogP contribution >= 0.6 is 0 Å². The van der Waals surface area contributed by atoms with Gasteiger partial charge in [-0.3, -0.25) is 0 Å². The SMILES string of the molecule is O=S(=O)(Oc1ccc2c(c1)-c1ccccc1C13c4ccccc4-c4ccccc4C21c1ccccc1-c1ccccc13)C(F)(F)F. The van der Waals surface area contributed by atoms with Gasteiger partial charge in [0.15, 0.2) is 0 Å². The number of alkyl halides is 3. The lowest BCUT2D eigenvalue weighted by atomic mass is 9.38. The summed E-state index contributed by atoms with van der Waals surface area (Å²) < 4.78 is 69.3. The second kappa shape index (κ2) is 8.98. The molecule has 0 aromatic heterocycles. The van der Waals surface area contributed by atoms with Gasteiger partial charge in [-0.1, -0.05) is 127 Å². The first-order valence-electron chi connectivity index (χ1n) is 14.8. The molecule has 6 aromatic carbocycles. The van der Waals surface area contributed by atoms with Crippen LogP contribution in [0.5, 0.6) is 5.75 Å². The molecule has 0 unspecified atom stereocenters. The van der Waals surface area contributed by atoms with Crippen molar-refractivity contribution in [2.45, 2.75) is 16.3 Å². The molecule has 0 fully saturated rings. The zero-order valence-corrected chi connectivity index (χ0v) is 24.9. The van der Waals surface area contributed by atoms with E-state index in [1.54, 1.807) is 6.07 Å². The summed E-state index contributed by atoms with van der Waals surface area (Å²) in [4.78, 5) is 0. The number of benzene rings is 6. The van der Waals surface area contributed by atoms with Crippen molar-refractivity contribution in [1.82, 2.24) is 0 Å². The summed E-state index contributed by atoms with van der Waals surface area (Å²) in [5, 5.41) is 0. The van der Waals surface area contributed by atoms with Gasteiger partial charge in [0, 0.05) is 0 Å². The standard InChI is InChI=1S/C39H23F3O3S/c40-39(41,42)46(43,44)45-24-21-22-36-30(23-24)29-15-5-10-20-35(29)37-31-16-6-1-11-25(31)27-13-3-8-18-33(27)38(36,37)34-19-9-4-14-28(34)26-12-2-7-17-32(26)37/h1-23H. The number of halogens is 3. The molecule has 0 N–H and O–H groups in total. The van der Waals surface area contributed by atoms with Gasteiger partial charge in [-0.25, -0.2) is 0 Å². The molecule has 0 spiro atoms. The van der Waals surface area contributed by atoms with E-state index in [1.165, 1.54) is 12.1 Å². The first-order chi connectivity index (χ1) is 22.2. The molecule has 0 heterocycles. The highest BCUT2D eigenvalue weighted by Gasteiger charge is 2.66. The minimum atomic E-state index is -5.88. The fraction of sp³-hybridized carbons (Fsp3) is 0.0769. The number of hydrogen-bond acceptors (Lipinski definition) is 3. The topological polar surface area (TPSA) is 43.4 Å². The molecule has 46 heavy (non-hydrogen) atoms. The molecule has 224 valence electrons. The van der Waals surface area contributed by atoms with Crippen molar-refractivity contribution in [1.29, 1.82) is 0 Å². The summed E-state index contributed by atoms with van der Waals surface area (Å²) in [5.41, 5.74) is 4.68. The van der Waals surface area contributed by atoms with Crippen LogP contribution in [0.25, 0.3) is 33.4 Å². The van der Waals surface area contributed by atoms with Gasteiger partial charge in [0.25, 0.3) is 0 Å². The second-order valence-electron chi connectivity index (χ2n) is 11.9. The van der Waals surface area contributed by atoms with Gasteiger partial charge in [0.2, 0.25) is 0 Å². The summed E-state index contributed by atoms with van der Waals surface area (Å²) >= 11 is 0. The molecule has 3 aliphatic carbocycles. The van der Waals surface area contributed by atoms with E-state index >= 15 is 0 Å². The third-order valence-corrected chi connectivity index (χ3v) is 11.0. The Morgan fingerprint density at radius 2 is 0.739 bits per heavy atom. The summed E-state index contributed by atoms with van der Waals surface area (Å²) in [6, 6.07) is 46.1. The molecular formula is C39H23F3O3S. The van der Waals surface area contributed by atoms with E-state index in [0.717, 1.165) is 61.2 Å². The van der Waals surface area contributed by atoms with Crippen molar-refractivity contribution < 1.29 is 25.8 Å². The van der Waals surface area contributed by atoms with E-state index in [-0.39, 0.29) is 0 Å². The fourth-order valence-corrected chi connectivity index (χ4v) is 9.06. The molecule has 3 aliphatic rings. The predicted octanol–water partition coefficient (Wildman–Crippen LogP) is 9.23. The van der Waals surface area contributed by atoms with Gasteiger partial charge in [-0.15, -0.1) is 0 Å². The van der Waals surface area contributed by atoms with Crippen LogP contribution in [0, 0.1) is 0 Å². The van der Waals surface area contributed by atoms with Crippen LogP contribution < -0.4 is 4.18 Å². The van der Waals surface area contributed by atoms with Crippen molar-refractivity contribution in [3.8, 4) is 39.1 Å². The van der Waals surface area contributed by atoms with Crippen molar-refractivity contribution in [2.75, 3.05) is 0 Å². The van der Waals surface area contributed by atoms with E-state index in [9.17, 15) is 21.6 Å². The lowest BCUT2D eigenvalue weighted by Gasteiger charge is -2.62. The molecule has 6 aromatic rings. The number of rotatable bonds is 2. The van der Waals surface area contributed by atoms with Crippen LogP contribution in [0.15, 0.2) is 140 Å². The monoisotopic (exact) mass is 628 g/mol. The Morgan fingerprint density at radius 1 is 0.435 bits per heavy atom. The molecule has 0 saturated heterocycles. The number of hydrogen-bond donors (Lipinski definition) is 0. The Kier molecular flexibility index (Phi) is 5.31. The maximum Gasteiger partial charge on any atom is 0.534 e. The maximum absolute atomic E-state index is 13.4. The smallest absolute Gasteiger partial charge is 0.376 e. The lowest BCUT2D eigenvalue weighted by molar-refractivity contribution is -0.0500. The van der Waals surface area contributed by atoms with Crippen molar-refractivity contribution in [3.63, 3.8) is 0 Å². The minimum Gasteiger partial charge on any atom is -0.376 e. The highest BCUT2D eigenvalue weighted by molar-refractivity contribution is 7.88. The molecule has 0 amide bonds. The Labute approximate surface area is 263 Å². The van der Waals surface area contributed by atoms with E-state index < -0.39 is 32.2 Å². The zero-order valence-electron chi connectivity index (χ0n) is 24.0. The van der Waals surface area contributed by atoms with E-state index in [1.807, 2.05) is 42.5 Å². The normalized spacial score (nSPS) is 20.0. The van der Waals surface area contributed by atoms with Crippen LogP contribution in [-0.4, -0.2) is 13.9 Å². The third kappa shape index (κ3) is 3.11. The highest BCUT2D eigenvalue weighted by Crippen LogP contribution is 2.73. The Bertz CT molecular complexity index is 2280. The van der Waals surface area contributed by atoms with Crippen molar-refractivity contribution in [2.24, 2.45) is 0 Å². The predicted molar refractivity (Wildman–Crippen MR) is 171 cm³/mol. The van der Waals surface area contributed by atoms with E-state index in [4.69, 9.17) is 4.18 Å². The molecule has 0 aliphatic heterocycles. The molecule has 0 atom stereocenters. The van der Waals surface area contributed by atoms with Crippen molar-refractivity contribution in [3.05, 3.63) is 173 Å². The quantitative estimate of drug-likeness (QED) is 0.142. The fourth-order valence-electron chi connectivity index (χ4n) is 8.61. The second-order valence-corrected chi connectivity index (χ2v) is 13.5. The summed E-state index contributed by atoms with van der Waals surface area (Å²) in [6.45, 7) is 0. The van der Waals surface area contributed by atoms with Crippen LogP contribution in [0.2, 0.25) is 0 Å². The van der Waals surface area contributed by atoms with Gasteiger partial charge in [-0.05, 0) is 78.9 Å². The van der Waals surface area contributed by atoms with Gasteiger partial charge >= 0.3 is 15.6 Å². The van der Waals surface area contributed by atoms with Crippen LogP contribution in [0.4, 0.5) is 13.2 Å². The van der Waals surface area contributed by atoms with Gasteiger partial charge in [-0.2, -0.15) is 21.6 Å². The Balaban J connectivity index is 1.52. The van der Waals surface area contributed by atoms with Gasteiger partial charge in [0.1, 0.15) is 5.75 Å². The van der Waals surface area contributed by atoms with Gasteiger partial charge in [0.05, 0.1) is 10.8 Å². The minimum absolute atomic E-state index is 0.399. The first kappa shape index (κ1) is 27.2. The largest absolute Gasteiger partial charge is 0.534 e.